The van der Waals surface area contributed by atoms with Gasteiger partial charge in [0.25, 0.3) is 0 Å². The molecular formula is C42H68O7Si2. The number of carbonyl (C=O) groups is 2. The Morgan fingerprint density at radius 1 is 0.922 bits per heavy atom. The standard InChI is InChI=1S/C42H68O7Si2/c1-14-29-17-20-31(21-18-29)45-36(15-2)40(44)47-37-26-33(48-50(10,11)41(4,5)6)24-30-19-16-28(3)35(39(30)37)23-22-32-25-34(27-38(43)46-32)49-51(12,13)42(7,8)9/h16-21,24,28,32-37,39H,14-15,22-23,25-27H2,1-13H3/t28?,32-,33?,34-,35?,36+,37?,39?/m1/s1. The Morgan fingerprint density at radius 2 is 1.55 bits per heavy atom. The van der Waals surface area contributed by atoms with Crippen molar-refractivity contribution in [1.29, 1.82) is 0 Å². The van der Waals surface area contributed by atoms with Crippen molar-refractivity contribution in [2.75, 3.05) is 0 Å². The molecule has 1 heterocycles. The van der Waals surface area contributed by atoms with Crippen molar-refractivity contribution in [2.45, 2.75) is 174 Å². The molecule has 0 radical (unpaired) electrons. The van der Waals surface area contributed by atoms with Crippen LogP contribution in [0.25, 0.3) is 0 Å². The van der Waals surface area contributed by atoms with Crippen LogP contribution in [0.5, 0.6) is 5.75 Å². The van der Waals surface area contributed by atoms with Gasteiger partial charge in [0.2, 0.25) is 0 Å². The van der Waals surface area contributed by atoms with Crippen molar-refractivity contribution in [3.8, 4) is 5.75 Å². The van der Waals surface area contributed by atoms with Crippen LogP contribution in [0, 0.1) is 17.8 Å². The lowest BCUT2D eigenvalue weighted by Gasteiger charge is -2.46. The highest BCUT2D eigenvalue weighted by molar-refractivity contribution is 6.74. The number of fused-ring (bicyclic) bond motifs is 1. The number of benzene rings is 1. The molecule has 1 aromatic carbocycles. The third kappa shape index (κ3) is 10.5. The highest BCUT2D eigenvalue weighted by Gasteiger charge is 2.47. The second-order valence-corrected chi connectivity index (χ2v) is 27.9. The molecule has 4 rings (SSSR count). The van der Waals surface area contributed by atoms with Gasteiger partial charge in [0, 0.05) is 18.8 Å². The van der Waals surface area contributed by atoms with Gasteiger partial charge in [-0.25, -0.2) is 4.79 Å². The summed E-state index contributed by atoms with van der Waals surface area (Å²) in [5.74, 6) is 0.646. The lowest BCUT2D eigenvalue weighted by atomic mass is 9.66. The summed E-state index contributed by atoms with van der Waals surface area (Å²) in [5.41, 5.74) is 2.40. The van der Waals surface area contributed by atoms with Crippen LogP contribution in [0.15, 0.2) is 48.1 Å². The monoisotopic (exact) mass is 740 g/mol. The van der Waals surface area contributed by atoms with Gasteiger partial charge in [0.05, 0.1) is 18.6 Å². The lowest BCUT2D eigenvalue weighted by molar-refractivity contribution is -0.164. The number of rotatable bonds is 13. The molecule has 3 aliphatic rings. The van der Waals surface area contributed by atoms with Crippen LogP contribution >= 0.6 is 0 Å². The van der Waals surface area contributed by atoms with E-state index < -0.39 is 22.7 Å². The van der Waals surface area contributed by atoms with Crippen LogP contribution in [0.3, 0.4) is 0 Å². The minimum atomic E-state index is -2.11. The minimum Gasteiger partial charge on any atom is -0.479 e. The molecule has 0 bridgehead atoms. The zero-order valence-electron chi connectivity index (χ0n) is 34.0. The zero-order chi connectivity index (χ0) is 37.9. The van der Waals surface area contributed by atoms with E-state index >= 15 is 0 Å². The first-order valence-electron chi connectivity index (χ1n) is 19.5. The number of ether oxygens (including phenoxy) is 3. The highest BCUT2D eigenvalue weighted by Crippen LogP contribution is 2.47. The molecule has 0 saturated carbocycles. The Balaban J connectivity index is 1.56. The minimum absolute atomic E-state index is 0.00753. The molecule has 1 aromatic rings. The molecule has 2 aliphatic carbocycles. The maximum Gasteiger partial charge on any atom is 0.347 e. The third-order valence-corrected chi connectivity index (χ3v) is 21.5. The van der Waals surface area contributed by atoms with E-state index in [1.54, 1.807) is 0 Å². The second-order valence-electron chi connectivity index (χ2n) is 18.3. The number of hydrogen-bond donors (Lipinski definition) is 0. The van der Waals surface area contributed by atoms with E-state index in [9.17, 15) is 9.59 Å². The quantitative estimate of drug-likeness (QED) is 0.147. The average Bonchev–Trinajstić information content (AvgIpc) is 3.01. The first-order valence-corrected chi connectivity index (χ1v) is 25.4. The van der Waals surface area contributed by atoms with Crippen molar-refractivity contribution in [3.63, 3.8) is 0 Å². The molecule has 1 fully saturated rings. The Morgan fingerprint density at radius 3 is 2.14 bits per heavy atom. The maximum absolute atomic E-state index is 14.0. The molecule has 0 aromatic heterocycles. The van der Waals surface area contributed by atoms with Gasteiger partial charge in [0.1, 0.15) is 18.0 Å². The fourth-order valence-corrected chi connectivity index (χ4v) is 9.82. The van der Waals surface area contributed by atoms with Crippen molar-refractivity contribution in [2.24, 2.45) is 17.8 Å². The number of carbonyl (C=O) groups excluding carboxylic acids is 2. The molecule has 7 nitrogen and oxygen atoms in total. The SMILES string of the molecule is CCc1ccc(O[C@@H](CC)C(=O)OC2CC(O[Si](C)(C)C(C)(C)C)C=C3C=CC(C)C(CC[C@@H]4C[C@@H](O[Si](C)(C)C(C)(C)C)CC(=O)O4)C32)cc1. The van der Waals surface area contributed by atoms with E-state index in [-0.39, 0.29) is 64.2 Å². The van der Waals surface area contributed by atoms with Crippen molar-refractivity contribution in [3.05, 3.63) is 53.6 Å². The predicted octanol–water partition coefficient (Wildman–Crippen LogP) is 10.4. The summed E-state index contributed by atoms with van der Waals surface area (Å²) in [6.07, 6.45) is 9.95. The summed E-state index contributed by atoms with van der Waals surface area (Å²) < 4.78 is 32.4. The zero-order valence-corrected chi connectivity index (χ0v) is 36.0. The molecule has 5 unspecified atom stereocenters. The summed E-state index contributed by atoms with van der Waals surface area (Å²) in [6, 6.07) is 7.95. The predicted molar refractivity (Wildman–Crippen MR) is 211 cm³/mol. The summed E-state index contributed by atoms with van der Waals surface area (Å²) in [6.45, 7) is 28.8. The second kappa shape index (κ2) is 16.4. The fourth-order valence-electron chi connectivity index (χ4n) is 7.18. The Hall–Kier alpha value is -2.21. The van der Waals surface area contributed by atoms with Gasteiger partial charge >= 0.3 is 11.9 Å². The Bertz CT molecular complexity index is 1400. The van der Waals surface area contributed by atoms with Crippen molar-refractivity contribution >= 4 is 28.6 Å². The van der Waals surface area contributed by atoms with Crippen molar-refractivity contribution in [1.82, 2.24) is 0 Å². The molecule has 0 amide bonds. The molecule has 9 heteroatoms. The van der Waals surface area contributed by atoms with Gasteiger partial charge in [-0.15, -0.1) is 0 Å². The summed E-state index contributed by atoms with van der Waals surface area (Å²) >= 11 is 0. The van der Waals surface area contributed by atoms with Crippen LogP contribution < -0.4 is 4.74 Å². The largest absolute Gasteiger partial charge is 0.479 e. The number of aryl methyl sites for hydroxylation is 1. The topological polar surface area (TPSA) is 80.3 Å². The lowest BCUT2D eigenvalue weighted by Crippen LogP contribution is -2.49. The van der Waals surface area contributed by atoms with Gasteiger partial charge in [-0.3, -0.25) is 4.79 Å². The summed E-state index contributed by atoms with van der Waals surface area (Å²) in [4.78, 5) is 26.8. The molecule has 8 atom stereocenters. The van der Waals surface area contributed by atoms with Gasteiger partial charge < -0.3 is 23.1 Å². The molecule has 286 valence electrons. The van der Waals surface area contributed by atoms with E-state index in [0.717, 1.165) is 25.7 Å². The van der Waals surface area contributed by atoms with Crippen LogP contribution in [-0.2, 0) is 34.3 Å². The molecular weight excluding hydrogens is 673 g/mol. The van der Waals surface area contributed by atoms with E-state index in [1.165, 1.54) is 11.1 Å². The summed E-state index contributed by atoms with van der Waals surface area (Å²) in [5, 5.41) is 0.115. The fraction of sp³-hybridized carbons (Fsp3) is 0.714. The van der Waals surface area contributed by atoms with Gasteiger partial charge in [-0.2, -0.15) is 0 Å². The van der Waals surface area contributed by atoms with E-state index in [1.807, 2.05) is 31.2 Å². The van der Waals surface area contributed by atoms with Gasteiger partial charge in [0.15, 0.2) is 22.7 Å². The van der Waals surface area contributed by atoms with Crippen LogP contribution in [-0.4, -0.2) is 59.1 Å². The first-order chi connectivity index (χ1) is 23.6. The molecule has 0 N–H and O–H groups in total. The molecule has 1 aliphatic heterocycles. The number of cyclic esters (lactones) is 1. The average molecular weight is 741 g/mol. The summed E-state index contributed by atoms with van der Waals surface area (Å²) in [7, 11) is -4.14. The van der Waals surface area contributed by atoms with Gasteiger partial charge in [-0.1, -0.05) is 92.7 Å². The smallest absolute Gasteiger partial charge is 0.347 e. The Kier molecular flexibility index (Phi) is 13.4. The molecule has 1 saturated heterocycles. The van der Waals surface area contributed by atoms with E-state index in [2.05, 4.69) is 99.8 Å². The highest BCUT2D eigenvalue weighted by atomic mass is 28.4. The Labute approximate surface area is 311 Å². The normalized spacial score (nSPS) is 28.0. The number of allylic oxidation sites excluding steroid dienone is 2. The van der Waals surface area contributed by atoms with Crippen LogP contribution in [0.1, 0.15) is 106 Å². The van der Waals surface area contributed by atoms with Crippen molar-refractivity contribution < 1.29 is 32.7 Å². The van der Waals surface area contributed by atoms with Gasteiger partial charge in [-0.05, 0) is 97.1 Å². The van der Waals surface area contributed by atoms with E-state index in [0.29, 0.717) is 25.0 Å². The van der Waals surface area contributed by atoms with E-state index in [4.69, 9.17) is 23.1 Å². The molecule has 51 heavy (non-hydrogen) atoms. The third-order valence-electron chi connectivity index (χ3n) is 12.4. The number of hydrogen-bond acceptors (Lipinski definition) is 7. The molecule has 0 spiro atoms. The maximum atomic E-state index is 14.0. The van der Waals surface area contributed by atoms with Crippen LogP contribution in [0.4, 0.5) is 0 Å². The number of esters is 2. The van der Waals surface area contributed by atoms with Crippen LogP contribution in [0.2, 0.25) is 36.3 Å². The first kappa shape index (κ1) is 41.5.